The fourth-order valence-electron chi connectivity index (χ4n) is 2.84. The van der Waals surface area contributed by atoms with Gasteiger partial charge in [-0.1, -0.05) is 0 Å². The van der Waals surface area contributed by atoms with Crippen molar-refractivity contribution in [1.82, 2.24) is 20.0 Å². The van der Waals surface area contributed by atoms with Gasteiger partial charge in [-0.05, 0) is 13.8 Å². The number of ether oxygens (including phenoxy) is 2. The van der Waals surface area contributed by atoms with Crippen LogP contribution in [0.15, 0.2) is 0 Å². The Kier molecular flexibility index (Phi) is 6.61. The van der Waals surface area contributed by atoms with E-state index < -0.39 is 0 Å². The lowest BCUT2D eigenvalue weighted by Crippen LogP contribution is -2.54. The third-order valence-corrected chi connectivity index (χ3v) is 4.57. The number of carbonyl (C=O) groups is 2. The molecule has 0 saturated carbocycles. The minimum absolute atomic E-state index is 0.00345. The topological polar surface area (TPSA) is 74.3 Å². The first kappa shape index (κ1) is 18.0. The number of amides is 3. The first-order chi connectivity index (χ1) is 11.0. The Balaban J connectivity index is 1.80. The molecular weight excluding hydrogens is 300 g/mol. The molecule has 3 amide bonds. The summed E-state index contributed by atoms with van der Waals surface area (Å²) in [5.41, 5.74) is 0. The average Bonchev–Trinajstić information content (AvgIpc) is 2.94. The van der Waals surface area contributed by atoms with Crippen LogP contribution in [0.25, 0.3) is 0 Å². The van der Waals surface area contributed by atoms with E-state index in [9.17, 15) is 9.59 Å². The maximum atomic E-state index is 12.4. The van der Waals surface area contributed by atoms with Crippen molar-refractivity contribution in [3.05, 3.63) is 0 Å². The van der Waals surface area contributed by atoms with Crippen LogP contribution in [-0.4, -0.2) is 98.5 Å². The molecule has 2 aliphatic heterocycles. The largest absolute Gasteiger partial charge is 0.383 e. The third-order valence-electron chi connectivity index (χ3n) is 4.57. The summed E-state index contributed by atoms with van der Waals surface area (Å²) in [6.45, 7) is 8.79. The summed E-state index contributed by atoms with van der Waals surface area (Å²) in [6, 6.07) is 0.0420. The maximum Gasteiger partial charge on any atom is 0.319 e. The molecule has 0 radical (unpaired) electrons. The zero-order chi connectivity index (χ0) is 16.8. The average molecular weight is 328 g/mol. The smallest absolute Gasteiger partial charge is 0.319 e. The standard InChI is InChI=1S/C15H28N4O4/c1-12(13(2)17-5-8-23-9-6-17)16-15(21)19-10-14(20)18(11-19)4-7-22-3/h12-13H,4-11H2,1-3H3,(H,16,21). The lowest BCUT2D eigenvalue weighted by Gasteiger charge is -2.36. The second-order valence-electron chi connectivity index (χ2n) is 6.12. The Morgan fingerprint density at radius 1 is 1.35 bits per heavy atom. The van der Waals surface area contributed by atoms with Crippen LogP contribution in [0, 0.1) is 0 Å². The number of hydrogen-bond acceptors (Lipinski definition) is 5. The SMILES string of the molecule is COCCN1CN(C(=O)NC(C)C(C)N2CCOCC2)CC1=O. The molecule has 0 aromatic rings. The molecular formula is C15H28N4O4. The lowest BCUT2D eigenvalue weighted by atomic mass is 10.1. The molecule has 1 N–H and O–H groups in total. The Morgan fingerprint density at radius 3 is 2.70 bits per heavy atom. The van der Waals surface area contributed by atoms with Gasteiger partial charge in [0.25, 0.3) is 0 Å². The Labute approximate surface area is 137 Å². The van der Waals surface area contributed by atoms with Gasteiger partial charge in [0.05, 0.1) is 26.5 Å². The number of rotatable bonds is 6. The van der Waals surface area contributed by atoms with Crippen molar-refractivity contribution in [3.63, 3.8) is 0 Å². The second-order valence-corrected chi connectivity index (χ2v) is 6.12. The summed E-state index contributed by atoms with van der Waals surface area (Å²) in [6.07, 6.45) is 0. The second kappa shape index (κ2) is 8.47. The molecule has 8 heteroatoms. The van der Waals surface area contributed by atoms with Crippen LogP contribution in [0.1, 0.15) is 13.8 Å². The number of hydrogen-bond donors (Lipinski definition) is 1. The molecule has 23 heavy (non-hydrogen) atoms. The van der Waals surface area contributed by atoms with E-state index in [0.717, 1.165) is 26.3 Å². The van der Waals surface area contributed by atoms with Gasteiger partial charge in [0.1, 0.15) is 6.54 Å². The van der Waals surface area contributed by atoms with Crippen molar-refractivity contribution >= 4 is 11.9 Å². The highest BCUT2D eigenvalue weighted by molar-refractivity contribution is 5.87. The maximum absolute atomic E-state index is 12.4. The zero-order valence-corrected chi connectivity index (χ0v) is 14.3. The summed E-state index contributed by atoms with van der Waals surface area (Å²) in [5, 5.41) is 3.01. The third kappa shape index (κ3) is 4.79. The first-order valence-electron chi connectivity index (χ1n) is 8.17. The van der Waals surface area contributed by atoms with Gasteiger partial charge < -0.3 is 19.7 Å². The van der Waals surface area contributed by atoms with Gasteiger partial charge >= 0.3 is 6.03 Å². The molecule has 2 rings (SSSR count). The molecule has 2 heterocycles. The molecule has 0 bridgehead atoms. The summed E-state index contributed by atoms with van der Waals surface area (Å²) >= 11 is 0. The number of methoxy groups -OCH3 is 1. The van der Waals surface area contributed by atoms with Crippen molar-refractivity contribution in [1.29, 1.82) is 0 Å². The highest BCUT2D eigenvalue weighted by atomic mass is 16.5. The fraction of sp³-hybridized carbons (Fsp3) is 0.867. The molecule has 2 unspecified atom stereocenters. The molecule has 2 atom stereocenters. The Morgan fingerprint density at radius 2 is 2.04 bits per heavy atom. The minimum Gasteiger partial charge on any atom is -0.383 e. The van der Waals surface area contributed by atoms with E-state index in [1.807, 2.05) is 6.92 Å². The Hall–Kier alpha value is -1.38. The van der Waals surface area contributed by atoms with Gasteiger partial charge in [-0.25, -0.2) is 4.79 Å². The van der Waals surface area contributed by atoms with E-state index in [4.69, 9.17) is 9.47 Å². The molecule has 0 aromatic heterocycles. The van der Waals surface area contributed by atoms with Crippen LogP contribution in [0.5, 0.6) is 0 Å². The molecule has 2 saturated heterocycles. The van der Waals surface area contributed by atoms with Crippen LogP contribution in [0.4, 0.5) is 4.79 Å². The zero-order valence-electron chi connectivity index (χ0n) is 14.3. The summed E-state index contributed by atoms with van der Waals surface area (Å²) in [7, 11) is 1.60. The van der Waals surface area contributed by atoms with Crippen LogP contribution in [0.2, 0.25) is 0 Å². The number of urea groups is 1. The molecule has 0 aliphatic carbocycles. The van der Waals surface area contributed by atoms with Crippen LogP contribution in [-0.2, 0) is 14.3 Å². The molecule has 0 aromatic carbocycles. The molecule has 2 aliphatic rings. The molecule has 2 fully saturated rings. The van der Waals surface area contributed by atoms with Crippen LogP contribution in [0.3, 0.4) is 0 Å². The molecule has 132 valence electrons. The van der Waals surface area contributed by atoms with Gasteiger partial charge in [0.2, 0.25) is 5.91 Å². The number of morpholine rings is 1. The number of carbonyl (C=O) groups excluding carboxylic acids is 2. The number of nitrogens with one attached hydrogen (secondary N) is 1. The van der Waals surface area contributed by atoms with Gasteiger partial charge in [-0.15, -0.1) is 0 Å². The van der Waals surface area contributed by atoms with E-state index >= 15 is 0 Å². The van der Waals surface area contributed by atoms with Gasteiger partial charge in [-0.3, -0.25) is 14.6 Å². The van der Waals surface area contributed by atoms with Gasteiger partial charge in [0, 0.05) is 38.8 Å². The summed E-state index contributed by atoms with van der Waals surface area (Å²) in [4.78, 5) is 29.8. The first-order valence-corrected chi connectivity index (χ1v) is 8.17. The Bertz CT molecular complexity index is 414. The van der Waals surface area contributed by atoms with Crippen molar-refractivity contribution in [3.8, 4) is 0 Å². The minimum atomic E-state index is -0.189. The van der Waals surface area contributed by atoms with Crippen molar-refractivity contribution in [2.45, 2.75) is 25.9 Å². The highest BCUT2D eigenvalue weighted by Crippen LogP contribution is 2.10. The van der Waals surface area contributed by atoms with Crippen molar-refractivity contribution < 1.29 is 19.1 Å². The van der Waals surface area contributed by atoms with E-state index in [1.54, 1.807) is 16.9 Å². The van der Waals surface area contributed by atoms with Gasteiger partial charge in [0.15, 0.2) is 0 Å². The molecule has 8 nitrogen and oxygen atoms in total. The van der Waals surface area contributed by atoms with Crippen molar-refractivity contribution in [2.24, 2.45) is 0 Å². The quantitative estimate of drug-likeness (QED) is 0.715. The predicted octanol–water partition coefficient (Wildman–Crippen LogP) is -0.447. The summed E-state index contributed by atoms with van der Waals surface area (Å²) < 4.78 is 10.3. The normalized spacial score (nSPS) is 22.3. The van der Waals surface area contributed by atoms with E-state index in [-0.39, 0.29) is 30.6 Å². The van der Waals surface area contributed by atoms with Crippen molar-refractivity contribution in [2.75, 3.05) is 59.8 Å². The predicted molar refractivity (Wildman–Crippen MR) is 85.0 cm³/mol. The molecule has 0 spiro atoms. The highest BCUT2D eigenvalue weighted by Gasteiger charge is 2.32. The van der Waals surface area contributed by atoms with Gasteiger partial charge in [-0.2, -0.15) is 0 Å². The lowest BCUT2D eigenvalue weighted by molar-refractivity contribution is -0.127. The van der Waals surface area contributed by atoms with E-state index in [0.29, 0.717) is 19.8 Å². The van der Waals surface area contributed by atoms with Crippen LogP contribution < -0.4 is 5.32 Å². The van der Waals surface area contributed by atoms with Crippen LogP contribution >= 0.6 is 0 Å². The number of nitrogens with zero attached hydrogens (tertiary/aromatic N) is 3. The fourth-order valence-corrected chi connectivity index (χ4v) is 2.84. The summed E-state index contributed by atoms with van der Waals surface area (Å²) in [5.74, 6) is -0.0360. The monoisotopic (exact) mass is 328 g/mol. The van der Waals surface area contributed by atoms with E-state index in [2.05, 4.69) is 17.1 Å². The van der Waals surface area contributed by atoms with E-state index in [1.165, 1.54) is 0 Å².